The summed E-state index contributed by atoms with van der Waals surface area (Å²) in [7, 11) is 2.02. The number of benzene rings is 1. The summed E-state index contributed by atoms with van der Waals surface area (Å²) in [6.45, 7) is 2.60. The Morgan fingerprint density at radius 1 is 1.31 bits per heavy atom. The average Bonchev–Trinajstić information content (AvgIpc) is 3.36. The Morgan fingerprint density at radius 3 is 2.92 bits per heavy atom. The van der Waals surface area contributed by atoms with Crippen molar-refractivity contribution in [1.82, 2.24) is 25.0 Å². The molecule has 1 fully saturated rings. The minimum absolute atomic E-state index is 0.252. The highest BCUT2D eigenvalue weighted by atomic mass is 19.1. The molecule has 26 heavy (non-hydrogen) atoms. The summed E-state index contributed by atoms with van der Waals surface area (Å²) in [5.74, 6) is 1.14. The van der Waals surface area contributed by atoms with Crippen LogP contribution in [0.4, 0.5) is 10.4 Å². The normalized spacial score (nSPS) is 19.8. The van der Waals surface area contributed by atoms with Gasteiger partial charge in [0.05, 0.1) is 6.33 Å². The van der Waals surface area contributed by atoms with Crippen LogP contribution < -0.4 is 10.6 Å². The van der Waals surface area contributed by atoms with E-state index < -0.39 is 0 Å². The first-order valence-electron chi connectivity index (χ1n) is 8.67. The van der Waals surface area contributed by atoms with Gasteiger partial charge in [0.15, 0.2) is 5.82 Å². The van der Waals surface area contributed by atoms with Crippen molar-refractivity contribution in [3.8, 4) is 0 Å². The Labute approximate surface area is 150 Å². The topological polar surface area (TPSA) is 80.8 Å². The second kappa shape index (κ2) is 7.25. The second-order valence-electron chi connectivity index (χ2n) is 6.65. The highest BCUT2D eigenvalue weighted by Crippen LogP contribution is 2.27. The molecule has 0 aliphatic carbocycles. The fourth-order valence-corrected chi connectivity index (χ4v) is 3.42. The first-order chi connectivity index (χ1) is 12.7. The van der Waals surface area contributed by atoms with Gasteiger partial charge in [-0.1, -0.05) is 17.3 Å². The van der Waals surface area contributed by atoms with E-state index in [2.05, 4.69) is 30.3 Å². The molecule has 8 heteroatoms. The SMILES string of the molecule is Cn1cncc1[C@@H]1CNC[C@H]1CNc1nc(Cc2ccc(F)cc2)no1. The van der Waals surface area contributed by atoms with Crippen LogP contribution in [0.15, 0.2) is 41.3 Å². The van der Waals surface area contributed by atoms with Crippen molar-refractivity contribution < 1.29 is 8.91 Å². The van der Waals surface area contributed by atoms with Crippen molar-refractivity contribution in [1.29, 1.82) is 0 Å². The number of halogens is 1. The lowest BCUT2D eigenvalue weighted by Gasteiger charge is -2.18. The van der Waals surface area contributed by atoms with E-state index in [1.165, 1.54) is 17.8 Å². The van der Waals surface area contributed by atoms with E-state index in [9.17, 15) is 4.39 Å². The van der Waals surface area contributed by atoms with E-state index in [0.29, 0.717) is 30.1 Å². The first kappa shape index (κ1) is 16.7. The molecule has 2 N–H and O–H groups in total. The number of anilines is 1. The molecule has 0 unspecified atom stereocenters. The van der Waals surface area contributed by atoms with E-state index in [-0.39, 0.29) is 5.82 Å². The van der Waals surface area contributed by atoms with Crippen LogP contribution in [0.25, 0.3) is 0 Å². The molecule has 0 spiro atoms. The molecule has 1 aliphatic heterocycles. The van der Waals surface area contributed by atoms with Gasteiger partial charge in [-0.2, -0.15) is 4.98 Å². The maximum atomic E-state index is 13.0. The van der Waals surface area contributed by atoms with Crippen molar-refractivity contribution in [2.75, 3.05) is 25.0 Å². The molecular formula is C18H21FN6O. The van der Waals surface area contributed by atoms with Gasteiger partial charge in [-0.15, -0.1) is 0 Å². The van der Waals surface area contributed by atoms with E-state index in [4.69, 9.17) is 4.52 Å². The highest BCUT2D eigenvalue weighted by Gasteiger charge is 2.30. The minimum atomic E-state index is -0.252. The summed E-state index contributed by atoms with van der Waals surface area (Å²) >= 11 is 0. The Bertz CT molecular complexity index is 859. The standard InChI is InChI=1S/C18H21FN6O/c1-25-11-21-10-16(25)15-9-20-7-13(15)8-22-18-23-17(24-26-18)6-12-2-4-14(19)5-3-12/h2-5,10-11,13,15,20H,6-9H2,1H3,(H,22,23,24)/t13-,15+/m0/s1. The van der Waals surface area contributed by atoms with Crippen LogP contribution in [-0.2, 0) is 13.5 Å². The molecular weight excluding hydrogens is 335 g/mol. The summed E-state index contributed by atoms with van der Waals surface area (Å²) in [4.78, 5) is 8.59. The molecule has 7 nitrogen and oxygen atoms in total. The minimum Gasteiger partial charge on any atom is -0.337 e. The van der Waals surface area contributed by atoms with Gasteiger partial charge in [-0.25, -0.2) is 9.37 Å². The van der Waals surface area contributed by atoms with Crippen molar-refractivity contribution in [3.63, 3.8) is 0 Å². The van der Waals surface area contributed by atoms with Gasteiger partial charge in [-0.05, 0) is 23.6 Å². The van der Waals surface area contributed by atoms with Gasteiger partial charge in [0.25, 0.3) is 0 Å². The maximum Gasteiger partial charge on any atom is 0.321 e. The number of rotatable bonds is 6. The third-order valence-corrected chi connectivity index (χ3v) is 4.83. The van der Waals surface area contributed by atoms with Crippen LogP contribution in [0.5, 0.6) is 0 Å². The van der Waals surface area contributed by atoms with Gasteiger partial charge in [-0.3, -0.25) is 0 Å². The van der Waals surface area contributed by atoms with Crippen molar-refractivity contribution in [3.05, 3.63) is 59.7 Å². The summed E-state index contributed by atoms with van der Waals surface area (Å²) in [6.07, 6.45) is 4.27. The highest BCUT2D eigenvalue weighted by molar-refractivity contribution is 5.24. The summed E-state index contributed by atoms with van der Waals surface area (Å²) in [5.41, 5.74) is 2.17. The lowest BCUT2D eigenvalue weighted by Crippen LogP contribution is -2.22. The van der Waals surface area contributed by atoms with Crippen LogP contribution in [0.1, 0.15) is 23.0 Å². The lowest BCUT2D eigenvalue weighted by atomic mass is 9.93. The molecule has 0 radical (unpaired) electrons. The number of hydrogen-bond donors (Lipinski definition) is 2. The van der Waals surface area contributed by atoms with E-state index in [1.54, 1.807) is 12.1 Å². The van der Waals surface area contributed by atoms with Crippen LogP contribution in [0.2, 0.25) is 0 Å². The molecule has 3 aromatic rings. The monoisotopic (exact) mass is 356 g/mol. The average molecular weight is 356 g/mol. The number of nitrogens with one attached hydrogen (secondary N) is 2. The molecule has 0 amide bonds. The lowest BCUT2D eigenvalue weighted by molar-refractivity contribution is 0.418. The quantitative estimate of drug-likeness (QED) is 0.703. The number of aromatic nitrogens is 4. The van der Waals surface area contributed by atoms with Gasteiger partial charge >= 0.3 is 6.01 Å². The molecule has 136 valence electrons. The van der Waals surface area contributed by atoms with Gasteiger partial charge in [0.1, 0.15) is 5.82 Å². The zero-order valence-electron chi connectivity index (χ0n) is 14.5. The number of hydrogen-bond acceptors (Lipinski definition) is 6. The molecule has 0 bridgehead atoms. The van der Waals surface area contributed by atoms with Crippen LogP contribution in [-0.4, -0.2) is 39.3 Å². The maximum absolute atomic E-state index is 13.0. The van der Waals surface area contributed by atoms with Gasteiger partial charge in [0.2, 0.25) is 0 Å². The largest absolute Gasteiger partial charge is 0.337 e. The third kappa shape index (κ3) is 3.60. The number of imidazole rings is 1. The number of nitrogens with zero attached hydrogens (tertiary/aromatic N) is 4. The van der Waals surface area contributed by atoms with Crippen molar-refractivity contribution >= 4 is 6.01 Å². The Morgan fingerprint density at radius 2 is 2.15 bits per heavy atom. The van der Waals surface area contributed by atoms with Crippen molar-refractivity contribution in [2.45, 2.75) is 12.3 Å². The molecule has 2 aromatic heterocycles. The molecule has 2 atom stereocenters. The predicted molar refractivity (Wildman–Crippen MR) is 94.3 cm³/mol. The zero-order chi connectivity index (χ0) is 17.9. The fourth-order valence-electron chi connectivity index (χ4n) is 3.42. The smallest absolute Gasteiger partial charge is 0.321 e. The first-order valence-corrected chi connectivity index (χ1v) is 8.67. The molecule has 1 aliphatic rings. The molecule has 4 rings (SSSR count). The van der Waals surface area contributed by atoms with Crippen LogP contribution >= 0.6 is 0 Å². The fraction of sp³-hybridized carbons (Fsp3) is 0.389. The Hall–Kier alpha value is -2.74. The van der Waals surface area contributed by atoms with Gasteiger partial charge in [0, 0.05) is 50.9 Å². The van der Waals surface area contributed by atoms with E-state index in [0.717, 1.165) is 25.2 Å². The third-order valence-electron chi connectivity index (χ3n) is 4.83. The summed E-state index contributed by atoms with van der Waals surface area (Å²) < 4.78 is 20.3. The Balaban J connectivity index is 1.35. The zero-order valence-corrected chi connectivity index (χ0v) is 14.5. The van der Waals surface area contributed by atoms with Crippen LogP contribution in [0.3, 0.4) is 0 Å². The molecule has 3 heterocycles. The summed E-state index contributed by atoms with van der Waals surface area (Å²) in [6, 6.07) is 6.72. The van der Waals surface area contributed by atoms with Crippen LogP contribution in [0, 0.1) is 11.7 Å². The molecule has 0 saturated carbocycles. The van der Waals surface area contributed by atoms with E-state index >= 15 is 0 Å². The second-order valence-corrected chi connectivity index (χ2v) is 6.65. The molecule has 1 aromatic carbocycles. The molecule has 1 saturated heterocycles. The van der Waals surface area contributed by atoms with E-state index in [1.807, 2.05) is 19.6 Å². The van der Waals surface area contributed by atoms with Gasteiger partial charge < -0.3 is 19.7 Å². The number of aryl methyl sites for hydroxylation is 1. The summed E-state index contributed by atoms with van der Waals surface area (Å²) in [5, 5.41) is 10.7. The predicted octanol–water partition coefficient (Wildman–Crippen LogP) is 1.95. The Kier molecular flexibility index (Phi) is 4.66. The van der Waals surface area contributed by atoms with Crippen molar-refractivity contribution in [2.24, 2.45) is 13.0 Å².